The van der Waals surface area contributed by atoms with Gasteiger partial charge in [0.15, 0.2) is 0 Å². The highest BCUT2D eigenvalue weighted by Gasteiger charge is 2.22. The van der Waals surface area contributed by atoms with Crippen LogP contribution in [-0.2, 0) is 16.0 Å². The molecule has 1 aromatic carbocycles. The molecule has 0 amide bonds. The lowest BCUT2D eigenvalue weighted by molar-refractivity contribution is -0.136. The van der Waals surface area contributed by atoms with Crippen molar-refractivity contribution in [3.63, 3.8) is 0 Å². The van der Waals surface area contributed by atoms with Gasteiger partial charge >= 0.3 is 5.97 Å². The lowest BCUT2D eigenvalue weighted by Gasteiger charge is -2.22. The van der Waals surface area contributed by atoms with Crippen LogP contribution in [0.2, 0.25) is 5.02 Å². The Labute approximate surface area is 124 Å². The number of carbonyl (C=O) groups excluding carboxylic acids is 1. The molecular formula is C16H18ClNO2. The molecule has 0 spiro atoms. The monoisotopic (exact) mass is 291 g/mol. The SMILES string of the molecule is C=C(CC(C)C1=NCCc2cc(Cl)ccc21)C(=O)OC. The van der Waals surface area contributed by atoms with Crippen LogP contribution in [0.3, 0.4) is 0 Å². The van der Waals surface area contributed by atoms with E-state index in [4.69, 9.17) is 11.6 Å². The van der Waals surface area contributed by atoms with E-state index in [2.05, 4.69) is 23.2 Å². The topological polar surface area (TPSA) is 38.7 Å². The van der Waals surface area contributed by atoms with E-state index >= 15 is 0 Å². The summed E-state index contributed by atoms with van der Waals surface area (Å²) in [6.45, 7) is 6.59. The average Bonchev–Trinajstić information content (AvgIpc) is 2.45. The third-order valence-electron chi connectivity index (χ3n) is 3.50. The molecule has 1 heterocycles. The molecule has 0 aromatic heterocycles. The first-order chi connectivity index (χ1) is 9.52. The zero-order valence-corrected chi connectivity index (χ0v) is 12.5. The Kier molecular flexibility index (Phi) is 4.61. The number of aliphatic imine (C=N–C) groups is 1. The van der Waals surface area contributed by atoms with E-state index in [0.29, 0.717) is 12.0 Å². The van der Waals surface area contributed by atoms with E-state index in [1.54, 1.807) is 0 Å². The quantitative estimate of drug-likeness (QED) is 0.629. The Bertz CT molecular complexity index is 578. The van der Waals surface area contributed by atoms with Gasteiger partial charge in [-0.15, -0.1) is 0 Å². The van der Waals surface area contributed by atoms with Crippen molar-refractivity contribution in [1.82, 2.24) is 0 Å². The van der Waals surface area contributed by atoms with Gasteiger partial charge in [0.05, 0.1) is 7.11 Å². The van der Waals surface area contributed by atoms with Crippen molar-refractivity contribution in [2.45, 2.75) is 19.8 Å². The Balaban J connectivity index is 2.19. The number of halogens is 1. The molecule has 1 aliphatic rings. The molecule has 3 nitrogen and oxygen atoms in total. The normalized spacial score (nSPS) is 15.1. The van der Waals surface area contributed by atoms with Crippen molar-refractivity contribution < 1.29 is 9.53 Å². The number of ether oxygens (including phenoxy) is 1. The molecule has 1 unspecified atom stereocenters. The molecule has 0 fully saturated rings. The summed E-state index contributed by atoms with van der Waals surface area (Å²) in [6, 6.07) is 5.88. The molecule has 1 aliphatic heterocycles. The van der Waals surface area contributed by atoms with Crippen LogP contribution < -0.4 is 0 Å². The average molecular weight is 292 g/mol. The maximum absolute atomic E-state index is 11.4. The highest BCUT2D eigenvalue weighted by molar-refractivity contribution is 6.30. The van der Waals surface area contributed by atoms with E-state index in [1.807, 2.05) is 18.2 Å². The molecule has 0 aliphatic carbocycles. The van der Waals surface area contributed by atoms with Crippen molar-refractivity contribution in [1.29, 1.82) is 0 Å². The van der Waals surface area contributed by atoms with Crippen molar-refractivity contribution >= 4 is 23.3 Å². The lowest BCUT2D eigenvalue weighted by Crippen LogP contribution is -2.21. The van der Waals surface area contributed by atoms with Crippen LogP contribution in [0.1, 0.15) is 24.5 Å². The fourth-order valence-corrected chi connectivity index (χ4v) is 2.71. The van der Waals surface area contributed by atoms with Crippen molar-refractivity contribution in [3.8, 4) is 0 Å². The van der Waals surface area contributed by atoms with Gasteiger partial charge < -0.3 is 4.74 Å². The molecule has 20 heavy (non-hydrogen) atoms. The Morgan fingerprint density at radius 2 is 2.30 bits per heavy atom. The van der Waals surface area contributed by atoms with Gasteiger partial charge in [-0.3, -0.25) is 4.99 Å². The Morgan fingerprint density at radius 3 is 3.00 bits per heavy atom. The van der Waals surface area contributed by atoms with Gasteiger partial charge in [-0.2, -0.15) is 0 Å². The minimum absolute atomic E-state index is 0.127. The molecule has 106 valence electrons. The fourth-order valence-electron chi connectivity index (χ4n) is 2.52. The lowest BCUT2D eigenvalue weighted by atomic mass is 9.87. The molecule has 0 N–H and O–H groups in total. The molecule has 1 aromatic rings. The van der Waals surface area contributed by atoms with Gasteiger partial charge in [-0.25, -0.2) is 4.79 Å². The fraction of sp³-hybridized carbons (Fsp3) is 0.375. The second kappa shape index (κ2) is 6.23. The van der Waals surface area contributed by atoms with Crippen LogP contribution in [0, 0.1) is 5.92 Å². The number of carbonyl (C=O) groups is 1. The molecular weight excluding hydrogens is 274 g/mol. The van der Waals surface area contributed by atoms with Crippen LogP contribution in [-0.4, -0.2) is 25.3 Å². The third kappa shape index (κ3) is 3.10. The van der Waals surface area contributed by atoms with Crippen LogP contribution >= 0.6 is 11.6 Å². The summed E-state index contributed by atoms with van der Waals surface area (Å²) < 4.78 is 4.69. The van der Waals surface area contributed by atoms with Crippen molar-refractivity contribution in [3.05, 3.63) is 46.5 Å². The number of rotatable bonds is 4. The summed E-state index contributed by atoms with van der Waals surface area (Å²) in [5.41, 5.74) is 3.85. The summed E-state index contributed by atoms with van der Waals surface area (Å²) in [4.78, 5) is 16.1. The summed E-state index contributed by atoms with van der Waals surface area (Å²) in [5.74, 6) is -0.230. The van der Waals surface area contributed by atoms with Gasteiger partial charge in [-0.05, 0) is 36.1 Å². The second-order valence-electron chi connectivity index (χ2n) is 5.02. The first-order valence-electron chi connectivity index (χ1n) is 6.62. The van der Waals surface area contributed by atoms with Gasteiger partial charge in [-0.1, -0.05) is 31.2 Å². The largest absolute Gasteiger partial charge is 0.466 e. The van der Waals surface area contributed by atoms with Gasteiger partial charge in [0.1, 0.15) is 0 Å². The zero-order chi connectivity index (χ0) is 14.7. The number of nitrogens with zero attached hydrogens (tertiary/aromatic N) is 1. The third-order valence-corrected chi connectivity index (χ3v) is 3.74. The molecule has 0 bridgehead atoms. The molecule has 0 saturated heterocycles. The van der Waals surface area contributed by atoms with E-state index in [0.717, 1.165) is 29.3 Å². The first-order valence-corrected chi connectivity index (χ1v) is 7.00. The number of hydrogen-bond acceptors (Lipinski definition) is 3. The predicted molar refractivity (Wildman–Crippen MR) is 81.5 cm³/mol. The van der Waals surface area contributed by atoms with Gasteiger partial charge in [0, 0.05) is 28.8 Å². The molecule has 4 heteroatoms. The van der Waals surface area contributed by atoms with E-state index in [-0.39, 0.29) is 11.9 Å². The highest BCUT2D eigenvalue weighted by Crippen LogP contribution is 2.26. The summed E-state index contributed by atoms with van der Waals surface area (Å²) in [7, 11) is 1.37. The highest BCUT2D eigenvalue weighted by atomic mass is 35.5. The summed E-state index contributed by atoms with van der Waals surface area (Å²) in [6.07, 6.45) is 1.46. The summed E-state index contributed by atoms with van der Waals surface area (Å²) in [5, 5.41) is 0.747. The second-order valence-corrected chi connectivity index (χ2v) is 5.46. The van der Waals surface area contributed by atoms with Crippen LogP contribution in [0.5, 0.6) is 0 Å². The van der Waals surface area contributed by atoms with Crippen LogP contribution in [0.15, 0.2) is 35.3 Å². The number of hydrogen-bond donors (Lipinski definition) is 0. The minimum Gasteiger partial charge on any atom is -0.466 e. The smallest absolute Gasteiger partial charge is 0.333 e. The molecule has 0 saturated carbocycles. The number of fused-ring (bicyclic) bond motifs is 1. The predicted octanol–water partition coefficient (Wildman–Crippen LogP) is 3.44. The first kappa shape index (κ1) is 14.8. The molecule has 0 radical (unpaired) electrons. The zero-order valence-electron chi connectivity index (χ0n) is 11.8. The number of esters is 1. The van der Waals surface area contributed by atoms with Crippen molar-refractivity contribution in [2.24, 2.45) is 10.9 Å². The maximum Gasteiger partial charge on any atom is 0.333 e. The van der Waals surface area contributed by atoms with Crippen LogP contribution in [0.4, 0.5) is 0 Å². The minimum atomic E-state index is -0.357. The number of methoxy groups -OCH3 is 1. The maximum atomic E-state index is 11.4. The Morgan fingerprint density at radius 1 is 1.55 bits per heavy atom. The van der Waals surface area contributed by atoms with Gasteiger partial charge in [0.25, 0.3) is 0 Å². The van der Waals surface area contributed by atoms with Crippen LogP contribution in [0.25, 0.3) is 0 Å². The van der Waals surface area contributed by atoms with E-state index < -0.39 is 0 Å². The Hall–Kier alpha value is -1.61. The standard InChI is InChI=1S/C16H18ClNO2/c1-10(8-11(2)16(19)20-3)15-14-5-4-13(17)9-12(14)6-7-18-15/h4-5,9-10H,2,6-8H2,1,3H3. The number of benzene rings is 1. The van der Waals surface area contributed by atoms with Gasteiger partial charge in [0.2, 0.25) is 0 Å². The molecule has 2 rings (SSSR count). The summed E-state index contributed by atoms with van der Waals surface area (Å²) >= 11 is 6.03. The van der Waals surface area contributed by atoms with Crippen molar-refractivity contribution in [2.75, 3.05) is 13.7 Å². The molecule has 1 atom stereocenters. The van der Waals surface area contributed by atoms with E-state index in [1.165, 1.54) is 12.7 Å². The van der Waals surface area contributed by atoms with E-state index in [9.17, 15) is 4.79 Å².